The van der Waals surface area contributed by atoms with Crippen LogP contribution in [0.5, 0.6) is 5.75 Å². The Bertz CT molecular complexity index is 336. The molecule has 0 bridgehead atoms. The van der Waals surface area contributed by atoms with E-state index >= 15 is 0 Å². The molecule has 0 saturated carbocycles. The normalized spacial score (nSPS) is 9.64. The van der Waals surface area contributed by atoms with Crippen molar-refractivity contribution < 1.29 is 14.3 Å². The van der Waals surface area contributed by atoms with Crippen LogP contribution in [0.3, 0.4) is 0 Å². The molecule has 0 amide bonds. The molecule has 0 aliphatic rings. The van der Waals surface area contributed by atoms with E-state index in [1.807, 2.05) is 0 Å². The lowest BCUT2D eigenvalue weighted by molar-refractivity contribution is -0.142. The van der Waals surface area contributed by atoms with Gasteiger partial charge in [0, 0.05) is 17.5 Å². The molecule has 1 aromatic rings. The zero-order valence-corrected chi connectivity index (χ0v) is 8.80. The fraction of sp³-hybridized carbons (Fsp3) is 0.300. The summed E-state index contributed by atoms with van der Waals surface area (Å²) < 4.78 is 9.93. The van der Waals surface area contributed by atoms with Gasteiger partial charge in [-0.1, -0.05) is 17.7 Å². The standard InChI is InChI=1S/C10H11ClO3/c1-7(12)14-6-8-3-4-9(11)5-10(8)13-2/h3-5H,6H2,1-2H3. The number of halogens is 1. The van der Waals surface area contributed by atoms with E-state index in [0.29, 0.717) is 10.8 Å². The molecule has 1 aromatic carbocycles. The molecule has 0 fully saturated rings. The van der Waals surface area contributed by atoms with Gasteiger partial charge in [-0.15, -0.1) is 0 Å². The van der Waals surface area contributed by atoms with Gasteiger partial charge in [-0.25, -0.2) is 0 Å². The number of esters is 1. The predicted octanol–water partition coefficient (Wildman–Crippen LogP) is 2.41. The third kappa shape index (κ3) is 2.92. The van der Waals surface area contributed by atoms with Gasteiger partial charge in [0.1, 0.15) is 12.4 Å². The van der Waals surface area contributed by atoms with Gasteiger partial charge in [0.15, 0.2) is 0 Å². The molecule has 3 nitrogen and oxygen atoms in total. The largest absolute Gasteiger partial charge is 0.496 e. The summed E-state index contributed by atoms with van der Waals surface area (Å²) in [5.74, 6) is 0.306. The Morgan fingerprint density at radius 3 is 2.79 bits per heavy atom. The first-order chi connectivity index (χ1) is 6.63. The number of hydrogen-bond acceptors (Lipinski definition) is 3. The molecular formula is C10H11ClO3. The van der Waals surface area contributed by atoms with Gasteiger partial charge >= 0.3 is 5.97 Å². The molecule has 1 rings (SSSR count). The molecular weight excluding hydrogens is 204 g/mol. The minimum atomic E-state index is -0.318. The van der Waals surface area contributed by atoms with E-state index in [9.17, 15) is 4.79 Å². The van der Waals surface area contributed by atoms with Crippen LogP contribution in [0.25, 0.3) is 0 Å². The Labute approximate surface area is 87.6 Å². The fourth-order valence-electron chi connectivity index (χ4n) is 1.02. The number of benzene rings is 1. The van der Waals surface area contributed by atoms with Crippen LogP contribution in [0.2, 0.25) is 5.02 Å². The summed E-state index contributed by atoms with van der Waals surface area (Å²) in [6.45, 7) is 1.57. The SMILES string of the molecule is COc1cc(Cl)ccc1COC(C)=O. The first kappa shape index (κ1) is 10.9. The molecule has 0 aliphatic carbocycles. The predicted molar refractivity (Wildman–Crippen MR) is 53.5 cm³/mol. The van der Waals surface area contributed by atoms with Crippen molar-refractivity contribution in [3.63, 3.8) is 0 Å². The van der Waals surface area contributed by atoms with Gasteiger partial charge in [-0.05, 0) is 12.1 Å². The summed E-state index contributed by atoms with van der Waals surface area (Å²) in [5.41, 5.74) is 0.798. The summed E-state index contributed by atoms with van der Waals surface area (Å²) >= 11 is 5.77. The summed E-state index contributed by atoms with van der Waals surface area (Å²) in [7, 11) is 1.54. The van der Waals surface area contributed by atoms with E-state index in [2.05, 4.69) is 0 Å². The van der Waals surface area contributed by atoms with Crippen LogP contribution in [0, 0.1) is 0 Å². The average molecular weight is 215 g/mol. The topological polar surface area (TPSA) is 35.5 Å². The van der Waals surface area contributed by atoms with Crippen molar-refractivity contribution in [1.82, 2.24) is 0 Å². The van der Waals surface area contributed by atoms with Gasteiger partial charge in [0.05, 0.1) is 7.11 Å². The zero-order valence-electron chi connectivity index (χ0n) is 8.04. The van der Waals surface area contributed by atoms with E-state index in [4.69, 9.17) is 21.1 Å². The van der Waals surface area contributed by atoms with E-state index in [0.717, 1.165) is 5.56 Å². The van der Waals surface area contributed by atoms with E-state index in [1.54, 1.807) is 25.3 Å². The molecule has 0 unspecified atom stereocenters. The smallest absolute Gasteiger partial charge is 0.302 e. The molecule has 0 atom stereocenters. The molecule has 0 saturated heterocycles. The van der Waals surface area contributed by atoms with Crippen molar-refractivity contribution in [3.05, 3.63) is 28.8 Å². The molecule has 0 N–H and O–H groups in total. The summed E-state index contributed by atoms with van der Waals surface area (Å²) in [6, 6.07) is 5.17. The van der Waals surface area contributed by atoms with Crippen molar-refractivity contribution in [2.24, 2.45) is 0 Å². The van der Waals surface area contributed by atoms with Crippen molar-refractivity contribution in [1.29, 1.82) is 0 Å². The number of hydrogen-bond donors (Lipinski definition) is 0. The van der Waals surface area contributed by atoms with Gasteiger partial charge in [-0.2, -0.15) is 0 Å². The number of methoxy groups -OCH3 is 1. The summed E-state index contributed by atoms with van der Waals surface area (Å²) in [5, 5.41) is 0.591. The van der Waals surface area contributed by atoms with Crippen molar-refractivity contribution in [2.75, 3.05) is 7.11 Å². The molecule has 0 radical (unpaired) electrons. The minimum Gasteiger partial charge on any atom is -0.496 e. The van der Waals surface area contributed by atoms with Crippen LogP contribution >= 0.6 is 11.6 Å². The zero-order chi connectivity index (χ0) is 10.6. The Morgan fingerprint density at radius 2 is 2.21 bits per heavy atom. The first-order valence-corrected chi connectivity index (χ1v) is 4.47. The third-order valence-electron chi connectivity index (χ3n) is 1.68. The quantitative estimate of drug-likeness (QED) is 0.725. The Morgan fingerprint density at radius 1 is 1.50 bits per heavy atom. The lowest BCUT2D eigenvalue weighted by atomic mass is 10.2. The molecule has 14 heavy (non-hydrogen) atoms. The highest BCUT2D eigenvalue weighted by Crippen LogP contribution is 2.23. The van der Waals surface area contributed by atoms with Crippen molar-refractivity contribution in [2.45, 2.75) is 13.5 Å². The highest BCUT2D eigenvalue weighted by molar-refractivity contribution is 6.30. The van der Waals surface area contributed by atoms with Gasteiger partial charge < -0.3 is 9.47 Å². The Balaban J connectivity index is 2.80. The fourth-order valence-corrected chi connectivity index (χ4v) is 1.18. The lowest BCUT2D eigenvalue weighted by Crippen LogP contribution is -2.00. The first-order valence-electron chi connectivity index (χ1n) is 4.09. The van der Waals surface area contributed by atoms with Crippen molar-refractivity contribution >= 4 is 17.6 Å². The van der Waals surface area contributed by atoms with E-state index in [1.165, 1.54) is 6.92 Å². The second kappa shape index (κ2) is 4.86. The van der Waals surface area contributed by atoms with E-state index < -0.39 is 0 Å². The third-order valence-corrected chi connectivity index (χ3v) is 1.92. The maximum absolute atomic E-state index is 10.6. The Hall–Kier alpha value is -1.22. The lowest BCUT2D eigenvalue weighted by Gasteiger charge is -2.08. The number of ether oxygens (including phenoxy) is 2. The number of carbonyl (C=O) groups is 1. The highest BCUT2D eigenvalue weighted by atomic mass is 35.5. The minimum absolute atomic E-state index is 0.204. The number of carbonyl (C=O) groups excluding carboxylic acids is 1. The molecule has 0 aliphatic heterocycles. The maximum Gasteiger partial charge on any atom is 0.302 e. The van der Waals surface area contributed by atoms with Gasteiger partial charge in [0.2, 0.25) is 0 Å². The Kier molecular flexibility index (Phi) is 3.77. The average Bonchev–Trinajstić information content (AvgIpc) is 2.15. The number of rotatable bonds is 3. The van der Waals surface area contributed by atoms with Crippen LogP contribution in [-0.4, -0.2) is 13.1 Å². The van der Waals surface area contributed by atoms with Crippen LogP contribution in [0.4, 0.5) is 0 Å². The summed E-state index contributed by atoms with van der Waals surface area (Å²) in [4.78, 5) is 10.6. The maximum atomic E-state index is 10.6. The molecule has 0 aromatic heterocycles. The monoisotopic (exact) mass is 214 g/mol. The second-order valence-corrected chi connectivity index (χ2v) is 3.17. The summed E-state index contributed by atoms with van der Waals surface area (Å²) in [6.07, 6.45) is 0. The van der Waals surface area contributed by atoms with Crippen LogP contribution in [0.15, 0.2) is 18.2 Å². The molecule has 0 heterocycles. The van der Waals surface area contributed by atoms with Gasteiger partial charge in [-0.3, -0.25) is 4.79 Å². The van der Waals surface area contributed by atoms with E-state index in [-0.39, 0.29) is 12.6 Å². The van der Waals surface area contributed by atoms with Gasteiger partial charge in [0.25, 0.3) is 0 Å². The molecule has 4 heteroatoms. The van der Waals surface area contributed by atoms with Crippen molar-refractivity contribution in [3.8, 4) is 5.75 Å². The second-order valence-electron chi connectivity index (χ2n) is 2.74. The molecule has 0 spiro atoms. The molecule has 76 valence electrons. The van der Waals surface area contributed by atoms with Crippen LogP contribution in [-0.2, 0) is 16.1 Å². The van der Waals surface area contributed by atoms with Crippen LogP contribution in [0.1, 0.15) is 12.5 Å². The highest BCUT2D eigenvalue weighted by Gasteiger charge is 2.04. The van der Waals surface area contributed by atoms with Crippen LogP contribution < -0.4 is 4.74 Å².